The van der Waals surface area contributed by atoms with E-state index in [2.05, 4.69) is 4.98 Å². The molecule has 0 aliphatic carbocycles. The van der Waals surface area contributed by atoms with Gasteiger partial charge >= 0.3 is 0 Å². The van der Waals surface area contributed by atoms with Gasteiger partial charge in [0.05, 0.1) is 0 Å². The predicted molar refractivity (Wildman–Crippen MR) is 44.6 cm³/mol. The maximum atomic E-state index is 11.2. The third-order valence-electron chi connectivity index (χ3n) is 1.68. The molecule has 0 radical (unpaired) electrons. The molecule has 0 aliphatic heterocycles. The highest BCUT2D eigenvalue weighted by molar-refractivity contribution is 5.80. The Morgan fingerprint density at radius 1 is 1.09 bits per heavy atom. The van der Waals surface area contributed by atoms with E-state index in [0.29, 0.717) is 0 Å². The molecule has 1 aromatic heterocycles. The van der Waals surface area contributed by atoms with Crippen molar-refractivity contribution in [2.24, 2.45) is 0 Å². The Labute approximate surface area is 63.5 Å². The SMILES string of the molecule is O=c1ccccc2c[nH]cc12. The minimum absolute atomic E-state index is 0.0613. The Kier molecular flexibility index (Phi) is 1.25. The van der Waals surface area contributed by atoms with E-state index in [1.165, 1.54) is 0 Å². The van der Waals surface area contributed by atoms with Crippen LogP contribution in [-0.2, 0) is 0 Å². The van der Waals surface area contributed by atoms with Crippen LogP contribution in [0.4, 0.5) is 0 Å². The van der Waals surface area contributed by atoms with E-state index < -0.39 is 0 Å². The van der Waals surface area contributed by atoms with Gasteiger partial charge < -0.3 is 4.98 Å². The molecule has 0 aliphatic rings. The molecule has 2 nitrogen and oxygen atoms in total. The summed E-state index contributed by atoms with van der Waals surface area (Å²) in [5, 5.41) is 1.70. The number of H-pyrrole nitrogens is 1. The van der Waals surface area contributed by atoms with Crippen molar-refractivity contribution in [1.29, 1.82) is 0 Å². The maximum absolute atomic E-state index is 11.2. The Bertz CT molecular complexity index is 431. The van der Waals surface area contributed by atoms with Gasteiger partial charge in [-0.05, 0) is 6.07 Å². The first kappa shape index (κ1) is 6.16. The second-order valence-electron chi connectivity index (χ2n) is 2.41. The van der Waals surface area contributed by atoms with Crippen molar-refractivity contribution < 1.29 is 0 Å². The zero-order valence-electron chi connectivity index (χ0n) is 5.87. The van der Waals surface area contributed by atoms with E-state index in [1.54, 1.807) is 18.3 Å². The summed E-state index contributed by atoms with van der Waals surface area (Å²) in [5.41, 5.74) is 0.0613. The Hall–Kier alpha value is -1.57. The molecule has 2 heteroatoms. The normalized spacial score (nSPS) is 10.2. The van der Waals surface area contributed by atoms with Gasteiger partial charge in [-0.3, -0.25) is 4.79 Å². The highest BCUT2D eigenvalue weighted by Crippen LogP contribution is 2.04. The second-order valence-corrected chi connectivity index (χ2v) is 2.41. The third-order valence-corrected chi connectivity index (χ3v) is 1.68. The summed E-state index contributed by atoms with van der Waals surface area (Å²) in [6.45, 7) is 0. The van der Waals surface area contributed by atoms with Crippen LogP contribution in [0, 0.1) is 0 Å². The van der Waals surface area contributed by atoms with Gasteiger partial charge in [0, 0.05) is 23.2 Å². The van der Waals surface area contributed by atoms with Crippen LogP contribution in [-0.4, -0.2) is 4.98 Å². The fourth-order valence-corrected chi connectivity index (χ4v) is 1.12. The molecule has 0 saturated carbocycles. The molecule has 0 amide bonds. The maximum Gasteiger partial charge on any atom is 0.187 e. The Morgan fingerprint density at radius 3 is 2.82 bits per heavy atom. The van der Waals surface area contributed by atoms with E-state index in [1.807, 2.05) is 18.3 Å². The highest BCUT2D eigenvalue weighted by Gasteiger charge is 1.92. The first-order chi connectivity index (χ1) is 5.38. The van der Waals surface area contributed by atoms with Gasteiger partial charge in [-0.25, -0.2) is 0 Å². The molecule has 0 unspecified atom stereocenters. The van der Waals surface area contributed by atoms with E-state index in [-0.39, 0.29) is 5.43 Å². The lowest BCUT2D eigenvalue weighted by atomic mass is 10.3. The van der Waals surface area contributed by atoms with Gasteiger partial charge in [0.15, 0.2) is 5.43 Å². The summed E-state index contributed by atoms with van der Waals surface area (Å²) in [5.74, 6) is 0. The van der Waals surface area contributed by atoms with Crippen LogP contribution in [0.1, 0.15) is 0 Å². The summed E-state index contributed by atoms with van der Waals surface area (Å²) < 4.78 is 0. The summed E-state index contributed by atoms with van der Waals surface area (Å²) in [7, 11) is 0. The van der Waals surface area contributed by atoms with Crippen molar-refractivity contribution in [1.82, 2.24) is 4.98 Å². The van der Waals surface area contributed by atoms with Crippen LogP contribution < -0.4 is 5.43 Å². The Balaban J connectivity index is 3.09. The quantitative estimate of drug-likeness (QED) is 0.599. The molecule has 1 heterocycles. The van der Waals surface area contributed by atoms with Crippen LogP contribution in [0.5, 0.6) is 0 Å². The van der Waals surface area contributed by atoms with Crippen molar-refractivity contribution in [3.63, 3.8) is 0 Å². The zero-order valence-corrected chi connectivity index (χ0v) is 5.87. The van der Waals surface area contributed by atoms with Gasteiger partial charge in [-0.2, -0.15) is 0 Å². The molecular formula is C9H7NO. The van der Waals surface area contributed by atoms with Crippen LogP contribution >= 0.6 is 0 Å². The fraction of sp³-hybridized carbons (Fsp3) is 0. The van der Waals surface area contributed by atoms with Crippen molar-refractivity contribution in [3.05, 3.63) is 46.9 Å². The summed E-state index contributed by atoms with van der Waals surface area (Å²) in [4.78, 5) is 14.1. The first-order valence-electron chi connectivity index (χ1n) is 3.44. The molecule has 0 fully saturated rings. The molecule has 1 N–H and O–H groups in total. The summed E-state index contributed by atoms with van der Waals surface area (Å²) >= 11 is 0. The highest BCUT2D eigenvalue weighted by atomic mass is 16.1. The largest absolute Gasteiger partial charge is 0.366 e. The van der Waals surface area contributed by atoms with E-state index in [0.717, 1.165) is 10.8 Å². The lowest BCUT2D eigenvalue weighted by Crippen LogP contribution is -1.91. The molecule has 0 saturated heterocycles. The number of fused-ring (bicyclic) bond motifs is 1. The van der Waals surface area contributed by atoms with E-state index in [4.69, 9.17) is 0 Å². The molecule has 2 aromatic rings. The van der Waals surface area contributed by atoms with Gasteiger partial charge in [0.1, 0.15) is 0 Å². The van der Waals surface area contributed by atoms with Crippen LogP contribution in [0.3, 0.4) is 0 Å². The van der Waals surface area contributed by atoms with Crippen molar-refractivity contribution in [2.45, 2.75) is 0 Å². The molecule has 1 aromatic carbocycles. The standard InChI is InChI=1S/C9H7NO/c11-9-4-2-1-3-7-5-10-6-8(7)9/h1-6,10H. The number of aromatic nitrogens is 1. The van der Waals surface area contributed by atoms with Crippen LogP contribution in [0.25, 0.3) is 10.8 Å². The van der Waals surface area contributed by atoms with Gasteiger partial charge in [0.25, 0.3) is 0 Å². The molecule has 0 spiro atoms. The first-order valence-corrected chi connectivity index (χ1v) is 3.44. The topological polar surface area (TPSA) is 32.9 Å². The summed E-state index contributed by atoms with van der Waals surface area (Å²) in [6, 6.07) is 7.09. The van der Waals surface area contributed by atoms with Crippen molar-refractivity contribution in [2.75, 3.05) is 0 Å². The smallest absolute Gasteiger partial charge is 0.187 e. The van der Waals surface area contributed by atoms with Crippen LogP contribution in [0.15, 0.2) is 41.5 Å². The number of aromatic amines is 1. The molecule has 0 bridgehead atoms. The predicted octanol–water partition coefficient (Wildman–Crippen LogP) is 1.53. The number of rotatable bonds is 0. The van der Waals surface area contributed by atoms with Crippen molar-refractivity contribution >= 4 is 10.8 Å². The number of hydrogen-bond acceptors (Lipinski definition) is 1. The molecule has 2 rings (SSSR count). The average molecular weight is 145 g/mol. The van der Waals surface area contributed by atoms with Crippen LogP contribution in [0.2, 0.25) is 0 Å². The number of nitrogens with one attached hydrogen (secondary N) is 1. The van der Waals surface area contributed by atoms with E-state index in [9.17, 15) is 4.79 Å². The van der Waals surface area contributed by atoms with Gasteiger partial charge in [-0.1, -0.05) is 18.2 Å². The second kappa shape index (κ2) is 2.23. The fourth-order valence-electron chi connectivity index (χ4n) is 1.12. The van der Waals surface area contributed by atoms with Gasteiger partial charge in [0.2, 0.25) is 0 Å². The molecule has 0 atom stereocenters. The third kappa shape index (κ3) is 0.923. The zero-order chi connectivity index (χ0) is 7.68. The van der Waals surface area contributed by atoms with Gasteiger partial charge in [-0.15, -0.1) is 0 Å². The Morgan fingerprint density at radius 2 is 1.91 bits per heavy atom. The average Bonchev–Trinajstić information content (AvgIpc) is 2.40. The monoisotopic (exact) mass is 145 g/mol. The molecule has 11 heavy (non-hydrogen) atoms. The lowest BCUT2D eigenvalue weighted by Gasteiger charge is -1.72. The number of hydrogen-bond donors (Lipinski definition) is 1. The minimum Gasteiger partial charge on any atom is -0.366 e. The minimum atomic E-state index is 0.0613. The molecular weight excluding hydrogens is 138 g/mol. The van der Waals surface area contributed by atoms with Crippen molar-refractivity contribution in [3.8, 4) is 0 Å². The van der Waals surface area contributed by atoms with E-state index >= 15 is 0 Å². The summed E-state index contributed by atoms with van der Waals surface area (Å²) in [6.07, 6.45) is 3.54. The molecule has 54 valence electrons. The lowest BCUT2D eigenvalue weighted by molar-refractivity contribution is 1.42.